The fourth-order valence-corrected chi connectivity index (χ4v) is 3.79. The predicted octanol–water partition coefficient (Wildman–Crippen LogP) is 3.90. The summed E-state index contributed by atoms with van der Waals surface area (Å²) in [4.78, 5) is 12.4. The van der Waals surface area contributed by atoms with Crippen molar-refractivity contribution in [3.8, 4) is 0 Å². The summed E-state index contributed by atoms with van der Waals surface area (Å²) in [5, 5.41) is 0. The molecule has 3 rings (SSSR count). The van der Waals surface area contributed by atoms with Crippen LogP contribution in [0.1, 0.15) is 11.1 Å². The van der Waals surface area contributed by atoms with Gasteiger partial charge in [0.1, 0.15) is 5.82 Å². The van der Waals surface area contributed by atoms with Crippen LogP contribution < -0.4 is 0 Å². The van der Waals surface area contributed by atoms with Crippen molar-refractivity contribution in [3.05, 3.63) is 65.5 Å². The van der Waals surface area contributed by atoms with Crippen molar-refractivity contribution in [3.63, 3.8) is 0 Å². The van der Waals surface area contributed by atoms with Gasteiger partial charge in [-0.05, 0) is 35.4 Å². The van der Waals surface area contributed by atoms with Crippen LogP contribution in [-0.4, -0.2) is 24.8 Å². The number of rotatable bonds is 3. The summed E-state index contributed by atoms with van der Waals surface area (Å²) in [6, 6.07) is 11.3. The molecule has 0 aromatic heterocycles. The van der Waals surface area contributed by atoms with E-state index in [1.54, 1.807) is 12.1 Å². The van der Waals surface area contributed by atoms with Crippen LogP contribution in [0.4, 0.5) is 4.39 Å². The average Bonchev–Trinajstić information content (AvgIpc) is 2.52. The van der Waals surface area contributed by atoms with E-state index in [4.69, 9.17) is 23.2 Å². The molecule has 0 radical (unpaired) electrons. The number of carbonyl (C=O) groups excluding carboxylic acids is 1. The maximum Gasteiger partial charge on any atom is 0.206 e. The Kier molecular flexibility index (Phi) is 4.06. The first-order valence-electron chi connectivity index (χ1n) is 6.86. The molecule has 2 aromatic carbocycles. The largest absolute Gasteiger partial charge is 0.290 e. The van der Waals surface area contributed by atoms with E-state index >= 15 is 0 Å². The fraction of sp³-hybridized carbons (Fsp3) is 0.118. The quantitative estimate of drug-likeness (QED) is 0.754. The topological polar surface area (TPSA) is 51.2 Å². The Morgan fingerprint density at radius 1 is 0.917 bits per heavy atom. The summed E-state index contributed by atoms with van der Waals surface area (Å²) in [6.45, 7) is 0. The Labute approximate surface area is 148 Å². The minimum atomic E-state index is -3.33. The van der Waals surface area contributed by atoms with Gasteiger partial charge in [0.2, 0.25) is 10.1 Å². The summed E-state index contributed by atoms with van der Waals surface area (Å²) < 4.78 is 34.5. The maximum absolute atomic E-state index is 13.1. The SMILES string of the molecule is CS(=O)(=O)c1ccc(C2=C(c3ccc(F)cc3)C(=O)C2(Cl)Cl)cc1. The highest BCUT2D eigenvalue weighted by atomic mass is 35.5. The number of carbonyl (C=O) groups is 1. The average molecular weight is 385 g/mol. The minimum absolute atomic E-state index is 0.149. The Bertz CT molecular complexity index is 960. The lowest BCUT2D eigenvalue weighted by Gasteiger charge is -2.35. The van der Waals surface area contributed by atoms with Crippen molar-refractivity contribution in [1.82, 2.24) is 0 Å². The van der Waals surface area contributed by atoms with Gasteiger partial charge >= 0.3 is 0 Å². The summed E-state index contributed by atoms with van der Waals surface area (Å²) in [7, 11) is -3.33. The van der Waals surface area contributed by atoms with Gasteiger partial charge < -0.3 is 0 Å². The molecule has 2 aromatic rings. The van der Waals surface area contributed by atoms with Crippen molar-refractivity contribution in [1.29, 1.82) is 0 Å². The van der Waals surface area contributed by atoms with E-state index in [0.717, 1.165) is 6.26 Å². The molecule has 1 aliphatic carbocycles. The van der Waals surface area contributed by atoms with Gasteiger partial charge in [0.15, 0.2) is 9.84 Å². The zero-order valence-electron chi connectivity index (χ0n) is 12.4. The van der Waals surface area contributed by atoms with E-state index < -0.39 is 25.8 Å². The van der Waals surface area contributed by atoms with Crippen LogP contribution in [0.3, 0.4) is 0 Å². The van der Waals surface area contributed by atoms with Crippen molar-refractivity contribution in [2.45, 2.75) is 9.23 Å². The first-order valence-corrected chi connectivity index (χ1v) is 9.51. The molecule has 0 bridgehead atoms. The first kappa shape index (κ1) is 17.1. The van der Waals surface area contributed by atoms with Crippen LogP contribution >= 0.6 is 23.2 Å². The lowest BCUT2D eigenvalue weighted by atomic mass is 9.78. The van der Waals surface area contributed by atoms with Crippen LogP contribution in [-0.2, 0) is 14.6 Å². The van der Waals surface area contributed by atoms with Gasteiger partial charge in [-0.25, -0.2) is 12.8 Å². The third-order valence-electron chi connectivity index (χ3n) is 3.78. The molecule has 0 N–H and O–H groups in total. The molecule has 0 amide bonds. The van der Waals surface area contributed by atoms with Gasteiger partial charge in [-0.3, -0.25) is 4.79 Å². The number of hydrogen-bond acceptors (Lipinski definition) is 3. The van der Waals surface area contributed by atoms with Crippen LogP contribution in [0.5, 0.6) is 0 Å². The maximum atomic E-state index is 13.1. The molecule has 0 fully saturated rings. The first-order chi connectivity index (χ1) is 11.1. The van der Waals surface area contributed by atoms with Crippen LogP contribution in [0, 0.1) is 5.82 Å². The van der Waals surface area contributed by atoms with E-state index in [-0.39, 0.29) is 4.90 Å². The molecular weight excluding hydrogens is 374 g/mol. The normalized spacial score (nSPS) is 16.9. The van der Waals surface area contributed by atoms with Crippen LogP contribution in [0.2, 0.25) is 0 Å². The minimum Gasteiger partial charge on any atom is -0.290 e. The van der Waals surface area contributed by atoms with Crippen LogP contribution in [0.15, 0.2) is 53.4 Å². The van der Waals surface area contributed by atoms with Crippen molar-refractivity contribution in [2.24, 2.45) is 0 Å². The molecule has 24 heavy (non-hydrogen) atoms. The molecule has 124 valence electrons. The zero-order valence-corrected chi connectivity index (χ0v) is 14.7. The summed E-state index contributed by atoms with van der Waals surface area (Å²) >= 11 is 12.3. The van der Waals surface area contributed by atoms with E-state index in [1.165, 1.54) is 36.4 Å². The predicted molar refractivity (Wildman–Crippen MR) is 92.2 cm³/mol. The standard InChI is InChI=1S/C17H11Cl2FO3S/c1-24(22,23)13-8-4-11(5-9-13)15-14(16(21)17(15,18)19)10-2-6-12(20)7-3-10/h2-9H,1H3. The van der Waals surface area contributed by atoms with Gasteiger partial charge in [0.25, 0.3) is 0 Å². The Balaban J connectivity index is 2.15. The summed E-state index contributed by atoms with van der Waals surface area (Å²) in [5.74, 6) is -0.896. The van der Waals surface area contributed by atoms with E-state index in [9.17, 15) is 17.6 Å². The monoisotopic (exact) mass is 384 g/mol. The second-order valence-electron chi connectivity index (χ2n) is 5.46. The molecule has 3 nitrogen and oxygen atoms in total. The van der Waals surface area contributed by atoms with Crippen molar-refractivity contribution >= 4 is 50.0 Å². The molecule has 0 unspecified atom stereocenters. The molecule has 1 aliphatic rings. The molecule has 0 heterocycles. The van der Waals surface area contributed by atoms with Crippen molar-refractivity contribution in [2.75, 3.05) is 6.26 Å². The van der Waals surface area contributed by atoms with E-state index in [2.05, 4.69) is 0 Å². The molecule has 0 spiro atoms. The number of alkyl halides is 2. The summed E-state index contributed by atoms with van der Waals surface area (Å²) in [5.41, 5.74) is 1.71. The highest BCUT2D eigenvalue weighted by Crippen LogP contribution is 2.53. The molecule has 0 saturated heterocycles. The lowest BCUT2D eigenvalue weighted by Crippen LogP contribution is -2.39. The van der Waals surface area contributed by atoms with Gasteiger partial charge in [-0.2, -0.15) is 0 Å². The van der Waals surface area contributed by atoms with Gasteiger partial charge in [-0.15, -0.1) is 0 Å². The number of sulfone groups is 1. The number of hydrogen-bond donors (Lipinski definition) is 0. The third-order valence-corrected chi connectivity index (χ3v) is 5.63. The Hall–Kier alpha value is -1.69. The summed E-state index contributed by atoms with van der Waals surface area (Å²) in [6.07, 6.45) is 1.10. The Morgan fingerprint density at radius 2 is 1.42 bits per heavy atom. The lowest BCUT2D eigenvalue weighted by molar-refractivity contribution is -0.114. The van der Waals surface area contributed by atoms with Crippen LogP contribution in [0.25, 0.3) is 11.1 Å². The highest BCUT2D eigenvalue weighted by Gasteiger charge is 2.52. The van der Waals surface area contributed by atoms with Gasteiger partial charge in [-0.1, -0.05) is 47.5 Å². The molecular formula is C17H11Cl2FO3S. The fourth-order valence-electron chi connectivity index (χ4n) is 2.56. The van der Waals surface area contributed by atoms with E-state index in [0.29, 0.717) is 22.3 Å². The zero-order chi connectivity index (χ0) is 17.7. The van der Waals surface area contributed by atoms with Crippen molar-refractivity contribution < 1.29 is 17.6 Å². The Morgan fingerprint density at radius 3 is 1.92 bits per heavy atom. The molecule has 0 aliphatic heterocycles. The molecule has 0 atom stereocenters. The molecule has 0 saturated carbocycles. The second-order valence-corrected chi connectivity index (χ2v) is 8.80. The highest BCUT2D eigenvalue weighted by molar-refractivity contribution is 7.90. The smallest absolute Gasteiger partial charge is 0.206 e. The second kappa shape index (κ2) is 5.69. The van der Waals surface area contributed by atoms with E-state index in [1.807, 2.05) is 0 Å². The number of ketones is 1. The number of halogens is 3. The van der Waals surface area contributed by atoms with Gasteiger partial charge in [0.05, 0.1) is 4.90 Å². The number of Topliss-reactive ketones (excluding diaryl/α,β-unsaturated/α-hetero) is 1. The number of allylic oxidation sites excluding steroid dienone is 2. The van der Waals surface area contributed by atoms with Gasteiger partial charge in [0, 0.05) is 17.4 Å². The third kappa shape index (κ3) is 2.77. The molecule has 7 heteroatoms. The number of benzene rings is 2.